The standard InChI is InChI=1S/C9H12O2S/c1-2-3-8-9-7(6-12-8)10-4-5-11-9/h6H,2-5H2,1H3. The van der Waals surface area contributed by atoms with Crippen molar-refractivity contribution in [2.75, 3.05) is 13.2 Å². The number of rotatable bonds is 2. The molecule has 12 heavy (non-hydrogen) atoms. The zero-order chi connectivity index (χ0) is 8.39. The Kier molecular flexibility index (Phi) is 2.21. The highest BCUT2D eigenvalue weighted by molar-refractivity contribution is 7.10. The Morgan fingerprint density at radius 1 is 1.42 bits per heavy atom. The third-order valence-electron chi connectivity index (χ3n) is 1.85. The van der Waals surface area contributed by atoms with Crippen molar-refractivity contribution in [3.8, 4) is 11.5 Å². The predicted molar refractivity (Wildman–Crippen MR) is 49.3 cm³/mol. The first-order valence-corrected chi connectivity index (χ1v) is 5.15. The summed E-state index contributed by atoms with van der Waals surface area (Å²) >= 11 is 1.74. The number of hydrogen-bond donors (Lipinski definition) is 0. The van der Waals surface area contributed by atoms with Gasteiger partial charge in [-0.25, -0.2) is 0 Å². The molecule has 3 heteroatoms. The van der Waals surface area contributed by atoms with E-state index in [-0.39, 0.29) is 0 Å². The molecule has 0 saturated heterocycles. The van der Waals surface area contributed by atoms with Crippen molar-refractivity contribution >= 4 is 11.3 Å². The molecule has 0 spiro atoms. The first-order chi connectivity index (χ1) is 5.92. The van der Waals surface area contributed by atoms with Crippen molar-refractivity contribution in [2.45, 2.75) is 19.8 Å². The molecule has 0 aliphatic carbocycles. The second-order valence-electron chi connectivity index (χ2n) is 2.80. The van der Waals surface area contributed by atoms with E-state index in [4.69, 9.17) is 9.47 Å². The summed E-state index contributed by atoms with van der Waals surface area (Å²) in [7, 11) is 0. The normalized spacial score (nSPS) is 14.8. The monoisotopic (exact) mass is 184 g/mol. The Labute approximate surface area is 76.1 Å². The van der Waals surface area contributed by atoms with Crippen LogP contribution in [0.1, 0.15) is 18.2 Å². The lowest BCUT2D eigenvalue weighted by molar-refractivity contribution is 0.172. The molecule has 0 amide bonds. The molecule has 0 bridgehead atoms. The third kappa shape index (κ3) is 1.29. The molecule has 1 aliphatic rings. The summed E-state index contributed by atoms with van der Waals surface area (Å²) in [5, 5.41) is 2.04. The Bertz CT molecular complexity index is 267. The van der Waals surface area contributed by atoms with Crippen molar-refractivity contribution in [2.24, 2.45) is 0 Å². The van der Waals surface area contributed by atoms with Gasteiger partial charge in [-0.15, -0.1) is 11.3 Å². The molecule has 1 aliphatic heterocycles. The average molecular weight is 184 g/mol. The fourth-order valence-corrected chi connectivity index (χ4v) is 2.33. The van der Waals surface area contributed by atoms with E-state index in [1.165, 1.54) is 4.88 Å². The van der Waals surface area contributed by atoms with Gasteiger partial charge in [0.2, 0.25) is 0 Å². The van der Waals surface area contributed by atoms with Crippen LogP contribution in [0.4, 0.5) is 0 Å². The van der Waals surface area contributed by atoms with Gasteiger partial charge in [0.15, 0.2) is 11.5 Å². The van der Waals surface area contributed by atoms with E-state index in [1.807, 2.05) is 5.38 Å². The Morgan fingerprint density at radius 3 is 3.08 bits per heavy atom. The molecule has 0 fully saturated rings. The largest absolute Gasteiger partial charge is 0.485 e. The number of ether oxygens (including phenoxy) is 2. The number of hydrogen-bond acceptors (Lipinski definition) is 3. The summed E-state index contributed by atoms with van der Waals surface area (Å²) in [6.07, 6.45) is 2.26. The van der Waals surface area contributed by atoms with Crippen molar-refractivity contribution in [3.05, 3.63) is 10.3 Å². The van der Waals surface area contributed by atoms with Gasteiger partial charge in [-0.3, -0.25) is 0 Å². The fraction of sp³-hybridized carbons (Fsp3) is 0.556. The SMILES string of the molecule is CCCc1scc2c1OCCO2. The second-order valence-corrected chi connectivity index (χ2v) is 3.76. The highest BCUT2D eigenvalue weighted by Crippen LogP contribution is 2.39. The van der Waals surface area contributed by atoms with Gasteiger partial charge in [0.1, 0.15) is 13.2 Å². The van der Waals surface area contributed by atoms with Gasteiger partial charge in [-0.05, 0) is 6.42 Å². The second kappa shape index (κ2) is 3.35. The minimum Gasteiger partial charge on any atom is -0.485 e. The molecule has 0 atom stereocenters. The zero-order valence-electron chi connectivity index (χ0n) is 7.13. The Hall–Kier alpha value is -0.700. The van der Waals surface area contributed by atoms with Crippen molar-refractivity contribution in [3.63, 3.8) is 0 Å². The van der Waals surface area contributed by atoms with Crippen LogP contribution in [0.2, 0.25) is 0 Å². The molecule has 2 rings (SSSR count). The fourth-order valence-electron chi connectivity index (χ4n) is 1.32. The summed E-state index contributed by atoms with van der Waals surface area (Å²) < 4.78 is 11.0. The van der Waals surface area contributed by atoms with Crippen LogP contribution in [0.15, 0.2) is 5.38 Å². The molecule has 2 nitrogen and oxygen atoms in total. The van der Waals surface area contributed by atoms with Crippen LogP contribution in [0.3, 0.4) is 0 Å². The van der Waals surface area contributed by atoms with Crippen LogP contribution in [-0.4, -0.2) is 13.2 Å². The molecular formula is C9H12O2S. The summed E-state index contributed by atoms with van der Waals surface area (Å²) in [6.45, 7) is 3.56. The first kappa shape index (κ1) is 7.92. The van der Waals surface area contributed by atoms with Gasteiger partial charge < -0.3 is 9.47 Å². The van der Waals surface area contributed by atoms with Crippen LogP contribution in [-0.2, 0) is 6.42 Å². The summed E-state index contributed by atoms with van der Waals surface area (Å²) in [5.74, 6) is 1.93. The van der Waals surface area contributed by atoms with Crippen molar-refractivity contribution in [1.29, 1.82) is 0 Å². The maximum atomic E-state index is 5.53. The Morgan fingerprint density at radius 2 is 2.25 bits per heavy atom. The summed E-state index contributed by atoms with van der Waals surface area (Å²) in [4.78, 5) is 1.33. The zero-order valence-corrected chi connectivity index (χ0v) is 7.95. The molecule has 0 radical (unpaired) electrons. The van der Waals surface area contributed by atoms with Crippen LogP contribution in [0.25, 0.3) is 0 Å². The van der Waals surface area contributed by atoms with Gasteiger partial charge >= 0.3 is 0 Å². The molecule has 0 N–H and O–H groups in total. The van der Waals surface area contributed by atoms with E-state index in [0.29, 0.717) is 13.2 Å². The Balaban J connectivity index is 2.25. The average Bonchev–Trinajstić information content (AvgIpc) is 2.50. The van der Waals surface area contributed by atoms with Crippen LogP contribution >= 0.6 is 11.3 Å². The molecule has 0 unspecified atom stereocenters. The van der Waals surface area contributed by atoms with Gasteiger partial charge in [-0.2, -0.15) is 0 Å². The molecule has 1 aromatic heterocycles. The quantitative estimate of drug-likeness (QED) is 0.703. The van der Waals surface area contributed by atoms with E-state index < -0.39 is 0 Å². The topological polar surface area (TPSA) is 18.5 Å². The highest BCUT2D eigenvalue weighted by atomic mass is 32.1. The maximum Gasteiger partial charge on any atom is 0.175 e. The predicted octanol–water partition coefficient (Wildman–Crippen LogP) is 2.47. The summed E-state index contributed by atoms with van der Waals surface area (Å²) in [6, 6.07) is 0. The van der Waals surface area contributed by atoms with Gasteiger partial charge in [0.25, 0.3) is 0 Å². The minimum absolute atomic E-state index is 0.690. The van der Waals surface area contributed by atoms with Gasteiger partial charge in [0, 0.05) is 5.38 Å². The molecule has 2 heterocycles. The molecule has 66 valence electrons. The summed E-state index contributed by atoms with van der Waals surface area (Å²) in [5.41, 5.74) is 0. The first-order valence-electron chi connectivity index (χ1n) is 4.27. The lowest BCUT2D eigenvalue weighted by Gasteiger charge is -2.15. The minimum atomic E-state index is 0.690. The number of thiophene rings is 1. The molecular weight excluding hydrogens is 172 g/mol. The lowest BCUT2D eigenvalue weighted by atomic mass is 10.2. The molecule has 1 aromatic rings. The van der Waals surface area contributed by atoms with Gasteiger partial charge in [-0.1, -0.05) is 13.3 Å². The van der Waals surface area contributed by atoms with E-state index in [0.717, 1.165) is 24.3 Å². The highest BCUT2D eigenvalue weighted by Gasteiger charge is 2.17. The molecule has 0 aromatic carbocycles. The lowest BCUT2D eigenvalue weighted by Crippen LogP contribution is -2.14. The van der Waals surface area contributed by atoms with Crippen molar-refractivity contribution in [1.82, 2.24) is 0 Å². The maximum absolute atomic E-state index is 5.53. The van der Waals surface area contributed by atoms with E-state index in [2.05, 4.69) is 6.92 Å². The number of fused-ring (bicyclic) bond motifs is 1. The smallest absolute Gasteiger partial charge is 0.175 e. The number of aryl methyl sites for hydroxylation is 1. The van der Waals surface area contributed by atoms with E-state index in [9.17, 15) is 0 Å². The van der Waals surface area contributed by atoms with E-state index >= 15 is 0 Å². The van der Waals surface area contributed by atoms with Crippen molar-refractivity contribution < 1.29 is 9.47 Å². The van der Waals surface area contributed by atoms with Crippen LogP contribution in [0, 0.1) is 0 Å². The third-order valence-corrected chi connectivity index (χ3v) is 2.86. The molecule has 0 saturated carbocycles. The van der Waals surface area contributed by atoms with Crippen LogP contribution in [0.5, 0.6) is 11.5 Å². The van der Waals surface area contributed by atoms with Gasteiger partial charge in [0.05, 0.1) is 4.88 Å². The van der Waals surface area contributed by atoms with E-state index in [1.54, 1.807) is 11.3 Å². The van der Waals surface area contributed by atoms with Crippen LogP contribution < -0.4 is 9.47 Å².